The molecule has 0 spiro atoms. The van der Waals surface area contributed by atoms with Crippen LogP contribution in [-0.2, 0) is 5.33 Å². The highest BCUT2D eigenvalue weighted by atomic mass is 79.9. The van der Waals surface area contributed by atoms with Crippen LogP contribution < -0.4 is 4.74 Å². The molecule has 0 bridgehead atoms. The molecule has 1 heterocycles. The van der Waals surface area contributed by atoms with E-state index in [1.165, 1.54) is 19.2 Å². The van der Waals surface area contributed by atoms with E-state index in [-0.39, 0.29) is 5.56 Å². The van der Waals surface area contributed by atoms with Crippen molar-refractivity contribution in [2.45, 2.75) is 11.8 Å². The van der Waals surface area contributed by atoms with Crippen molar-refractivity contribution in [1.29, 1.82) is 0 Å². The fourth-order valence-corrected chi connectivity index (χ4v) is 1.77. The SMILES string of the molecule is COc1cc(C(F)F)cc2[nH]c(CBr)nc12. The Balaban J connectivity index is 2.66. The Labute approximate surface area is 98.9 Å². The van der Waals surface area contributed by atoms with E-state index in [0.29, 0.717) is 27.9 Å². The Bertz CT molecular complexity index is 513. The number of hydrogen-bond donors (Lipinski definition) is 1. The summed E-state index contributed by atoms with van der Waals surface area (Å²) >= 11 is 3.25. The highest BCUT2D eigenvalue weighted by Crippen LogP contribution is 2.30. The van der Waals surface area contributed by atoms with Crippen molar-refractivity contribution < 1.29 is 13.5 Å². The Kier molecular flexibility index (Phi) is 3.09. The number of halogens is 3. The van der Waals surface area contributed by atoms with Gasteiger partial charge in [-0.3, -0.25) is 0 Å². The van der Waals surface area contributed by atoms with Crippen LogP contribution in [0.4, 0.5) is 8.78 Å². The number of fused-ring (bicyclic) bond motifs is 1. The lowest BCUT2D eigenvalue weighted by atomic mass is 10.2. The van der Waals surface area contributed by atoms with Gasteiger partial charge < -0.3 is 9.72 Å². The van der Waals surface area contributed by atoms with Crippen molar-refractivity contribution >= 4 is 27.0 Å². The predicted molar refractivity (Wildman–Crippen MR) is 60.2 cm³/mol. The average Bonchev–Trinajstić information content (AvgIpc) is 2.70. The normalized spacial score (nSPS) is 11.3. The second-order valence-corrected chi connectivity index (χ2v) is 3.80. The van der Waals surface area contributed by atoms with Gasteiger partial charge >= 0.3 is 0 Å². The molecule has 0 aliphatic rings. The van der Waals surface area contributed by atoms with Crippen LogP contribution in [0.1, 0.15) is 17.8 Å². The van der Waals surface area contributed by atoms with Crippen molar-refractivity contribution in [3.05, 3.63) is 23.5 Å². The topological polar surface area (TPSA) is 37.9 Å². The Morgan fingerprint density at radius 1 is 1.50 bits per heavy atom. The number of imidazole rings is 1. The van der Waals surface area contributed by atoms with E-state index in [0.717, 1.165) is 0 Å². The van der Waals surface area contributed by atoms with Crippen molar-refractivity contribution in [3.8, 4) is 5.75 Å². The summed E-state index contributed by atoms with van der Waals surface area (Å²) in [5.74, 6) is 1.04. The van der Waals surface area contributed by atoms with Crippen LogP contribution in [0.3, 0.4) is 0 Å². The molecule has 86 valence electrons. The molecule has 0 radical (unpaired) electrons. The zero-order chi connectivity index (χ0) is 11.7. The van der Waals surface area contributed by atoms with E-state index in [1.54, 1.807) is 0 Å². The Morgan fingerprint density at radius 2 is 2.25 bits per heavy atom. The third-order valence-corrected chi connectivity index (χ3v) is 2.75. The molecule has 0 saturated heterocycles. The quantitative estimate of drug-likeness (QED) is 0.880. The Morgan fingerprint density at radius 3 is 2.81 bits per heavy atom. The van der Waals surface area contributed by atoms with E-state index >= 15 is 0 Å². The van der Waals surface area contributed by atoms with Crippen molar-refractivity contribution in [2.75, 3.05) is 7.11 Å². The van der Waals surface area contributed by atoms with E-state index < -0.39 is 6.43 Å². The Hall–Kier alpha value is -1.17. The molecule has 16 heavy (non-hydrogen) atoms. The number of rotatable bonds is 3. The minimum absolute atomic E-state index is 0.0749. The van der Waals surface area contributed by atoms with Gasteiger partial charge in [0.2, 0.25) is 0 Å². The first-order valence-corrected chi connectivity index (χ1v) is 5.68. The van der Waals surface area contributed by atoms with Gasteiger partial charge in [0.1, 0.15) is 17.1 Å². The van der Waals surface area contributed by atoms with E-state index in [4.69, 9.17) is 4.74 Å². The third kappa shape index (κ3) is 1.89. The second kappa shape index (κ2) is 4.37. The first-order valence-electron chi connectivity index (χ1n) is 4.56. The van der Waals surface area contributed by atoms with Gasteiger partial charge in [-0.1, -0.05) is 15.9 Å². The van der Waals surface area contributed by atoms with Gasteiger partial charge in [-0.05, 0) is 12.1 Å². The summed E-state index contributed by atoms with van der Waals surface area (Å²) in [6, 6.07) is 2.70. The summed E-state index contributed by atoms with van der Waals surface area (Å²) in [6.07, 6.45) is -2.52. The molecule has 6 heteroatoms. The number of benzene rings is 1. The summed E-state index contributed by atoms with van der Waals surface area (Å²) in [6.45, 7) is 0. The number of aromatic amines is 1. The van der Waals surface area contributed by atoms with Crippen LogP contribution in [0.15, 0.2) is 12.1 Å². The third-order valence-electron chi connectivity index (χ3n) is 2.22. The maximum Gasteiger partial charge on any atom is 0.264 e. The van der Waals surface area contributed by atoms with Crippen LogP contribution in [0.2, 0.25) is 0 Å². The van der Waals surface area contributed by atoms with Crippen molar-refractivity contribution in [2.24, 2.45) is 0 Å². The summed E-state index contributed by atoms with van der Waals surface area (Å²) in [4.78, 5) is 7.17. The van der Waals surface area contributed by atoms with Crippen LogP contribution in [0.25, 0.3) is 11.0 Å². The zero-order valence-electron chi connectivity index (χ0n) is 8.43. The largest absolute Gasteiger partial charge is 0.494 e. The maximum absolute atomic E-state index is 12.6. The molecule has 0 saturated carbocycles. The molecule has 1 aromatic carbocycles. The monoisotopic (exact) mass is 290 g/mol. The number of hydrogen-bond acceptors (Lipinski definition) is 2. The maximum atomic E-state index is 12.6. The summed E-state index contributed by atoms with van der Waals surface area (Å²) in [7, 11) is 1.44. The lowest BCUT2D eigenvalue weighted by molar-refractivity contribution is 0.151. The second-order valence-electron chi connectivity index (χ2n) is 3.24. The fourth-order valence-electron chi connectivity index (χ4n) is 1.50. The summed E-state index contributed by atoms with van der Waals surface area (Å²) in [5.41, 5.74) is 1.06. The molecule has 1 aromatic heterocycles. The van der Waals surface area contributed by atoms with Gasteiger partial charge in [0.15, 0.2) is 0 Å². The number of aromatic nitrogens is 2. The molecule has 0 amide bonds. The molecule has 0 atom stereocenters. The van der Waals surface area contributed by atoms with Crippen LogP contribution >= 0.6 is 15.9 Å². The molecule has 0 aliphatic carbocycles. The number of ether oxygens (including phenoxy) is 1. The fraction of sp³-hybridized carbons (Fsp3) is 0.300. The molecule has 0 unspecified atom stereocenters. The first kappa shape index (κ1) is 11.3. The molecule has 0 fully saturated rings. The van der Waals surface area contributed by atoms with Crippen LogP contribution in [0, 0.1) is 0 Å². The van der Waals surface area contributed by atoms with Gasteiger partial charge in [0.25, 0.3) is 6.43 Å². The molecule has 0 aliphatic heterocycles. The molecule has 1 N–H and O–H groups in total. The van der Waals surface area contributed by atoms with Gasteiger partial charge in [0.05, 0.1) is 18.0 Å². The highest BCUT2D eigenvalue weighted by Gasteiger charge is 2.14. The lowest BCUT2D eigenvalue weighted by Gasteiger charge is -2.04. The number of methoxy groups -OCH3 is 1. The van der Waals surface area contributed by atoms with Gasteiger partial charge in [-0.25, -0.2) is 13.8 Å². The van der Waals surface area contributed by atoms with Crippen molar-refractivity contribution in [3.63, 3.8) is 0 Å². The van der Waals surface area contributed by atoms with Gasteiger partial charge in [-0.15, -0.1) is 0 Å². The van der Waals surface area contributed by atoms with Crippen molar-refractivity contribution in [1.82, 2.24) is 9.97 Å². The zero-order valence-corrected chi connectivity index (χ0v) is 10.0. The molecule has 3 nitrogen and oxygen atoms in total. The number of H-pyrrole nitrogens is 1. The number of nitrogens with zero attached hydrogens (tertiary/aromatic N) is 1. The first-order chi connectivity index (χ1) is 7.65. The van der Waals surface area contributed by atoms with E-state index in [1.807, 2.05) is 0 Å². The minimum atomic E-state index is -2.52. The average molecular weight is 291 g/mol. The van der Waals surface area contributed by atoms with E-state index in [2.05, 4.69) is 25.9 Å². The van der Waals surface area contributed by atoms with Crippen LogP contribution in [-0.4, -0.2) is 17.1 Å². The van der Waals surface area contributed by atoms with Gasteiger partial charge in [-0.2, -0.15) is 0 Å². The smallest absolute Gasteiger partial charge is 0.264 e. The molecule has 2 rings (SSSR count). The van der Waals surface area contributed by atoms with E-state index in [9.17, 15) is 8.78 Å². The lowest BCUT2D eigenvalue weighted by Crippen LogP contribution is -1.89. The summed E-state index contributed by atoms with van der Waals surface area (Å²) < 4.78 is 30.2. The minimum Gasteiger partial charge on any atom is -0.494 e. The predicted octanol–water partition coefficient (Wildman–Crippen LogP) is 3.40. The number of nitrogens with one attached hydrogen (secondary N) is 1. The highest BCUT2D eigenvalue weighted by molar-refractivity contribution is 9.08. The molecular weight excluding hydrogens is 282 g/mol. The standard InChI is InChI=1S/C10H9BrF2N2O/c1-16-7-3-5(10(12)13)2-6-9(7)15-8(4-11)14-6/h2-3,10H,4H2,1H3,(H,14,15). The van der Waals surface area contributed by atoms with Gasteiger partial charge in [0, 0.05) is 5.56 Å². The molecular formula is C10H9BrF2N2O. The molecule has 2 aromatic rings. The number of alkyl halides is 3. The van der Waals surface area contributed by atoms with Crippen LogP contribution in [0.5, 0.6) is 5.75 Å². The summed E-state index contributed by atoms with van der Waals surface area (Å²) in [5, 5.41) is 0.537.